The highest BCUT2D eigenvalue weighted by Crippen LogP contribution is 2.28. The predicted octanol–water partition coefficient (Wildman–Crippen LogP) is 5.14. The highest BCUT2D eigenvalue weighted by molar-refractivity contribution is 5.70. The molecule has 2 saturated heterocycles. The number of piperazine rings is 1. The van der Waals surface area contributed by atoms with Crippen LogP contribution in [-0.2, 0) is 19.0 Å². The Morgan fingerprint density at radius 1 is 1.02 bits per heavy atom. The molecule has 12 nitrogen and oxygen atoms in total. The molecule has 4 rings (SSSR count). The Morgan fingerprint density at radius 2 is 1.71 bits per heavy atom. The van der Waals surface area contributed by atoms with Gasteiger partial charge in [0, 0.05) is 63.2 Å². The van der Waals surface area contributed by atoms with Crippen LogP contribution < -0.4 is 0 Å². The number of rotatable bonds is 8. The highest BCUT2D eigenvalue weighted by atomic mass is 16.6. The first-order chi connectivity index (χ1) is 24.7. The average molecular weight is 731 g/mol. The molecule has 0 aromatic rings. The van der Waals surface area contributed by atoms with E-state index >= 15 is 0 Å². The molecule has 0 aromatic heterocycles. The van der Waals surface area contributed by atoms with Crippen LogP contribution in [-0.4, -0.2) is 144 Å². The van der Waals surface area contributed by atoms with Crippen molar-refractivity contribution in [3.05, 3.63) is 36.0 Å². The van der Waals surface area contributed by atoms with Gasteiger partial charge in [-0.15, -0.1) is 0 Å². The van der Waals surface area contributed by atoms with Crippen LogP contribution in [0.15, 0.2) is 36.0 Å². The van der Waals surface area contributed by atoms with E-state index in [1.165, 1.54) is 38.5 Å². The summed E-state index contributed by atoms with van der Waals surface area (Å²) in [4.78, 5) is 47.1. The maximum Gasteiger partial charge on any atom is 0.410 e. The molecule has 1 saturated carbocycles. The number of nitrogens with zero attached hydrogens (tertiary/aromatic N) is 4. The van der Waals surface area contributed by atoms with E-state index in [0.717, 1.165) is 25.1 Å². The van der Waals surface area contributed by atoms with Crippen LogP contribution in [0.3, 0.4) is 0 Å². The lowest BCUT2D eigenvalue weighted by atomic mass is 9.89. The lowest BCUT2D eigenvalue weighted by Gasteiger charge is -2.40. The Labute approximate surface area is 311 Å². The Kier molecular flexibility index (Phi) is 16.0. The molecule has 1 aliphatic carbocycles. The van der Waals surface area contributed by atoms with Gasteiger partial charge in [0.25, 0.3) is 0 Å². The fraction of sp³-hybridized carbons (Fsp3) is 0.775. The van der Waals surface area contributed by atoms with E-state index in [1.807, 2.05) is 59.2 Å². The summed E-state index contributed by atoms with van der Waals surface area (Å²) in [7, 11) is 4.04. The van der Waals surface area contributed by atoms with Gasteiger partial charge in [0.1, 0.15) is 11.7 Å². The first-order valence-corrected chi connectivity index (χ1v) is 19.6. The van der Waals surface area contributed by atoms with Crippen LogP contribution in [0.1, 0.15) is 91.9 Å². The van der Waals surface area contributed by atoms with Crippen molar-refractivity contribution >= 4 is 18.2 Å². The predicted molar refractivity (Wildman–Crippen MR) is 201 cm³/mol. The van der Waals surface area contributed by atoms with Crippen LogP contribution >= 0.6 is 0 Å². The summed E-state index contributed by atoms with van der Waals surface area (Å²) in [6, 6.07) is 0.933. The third kappa shape index (κ3) is 12.6. The van der Waals surface area contributed by atoms with Crippen LogP contribution in [0, 0.1) is 11.8 Å². The average Bonchev–Trinajstić information content (AvgIpc) is 3.46. The summed E-state index contributed by atoms with van der Waals surface area (Å²) in [6.07, 6.45) is 14.4. The number of aliphatic hydroxyl groups excluding tert-OH is 1. The Hall–Kier alpha value is -2.93. The summed E-state index contributed by atoms with van der Waals surface area (Å²) < 4.78 is 17.5. The summed E-state index contributed by atoms with van der Waals surface area (Å²) in [5.74, 6) is -0.904. The molecule has 7 atom stereocenters. The highest BCUT2D eigenvalue weighted by Gasteiger charge is 2.37. The molecule has 52 heavy (non-hydrogen) atoms. The Morgan fingerprint density at radius 3 is 2.37 bits per heavy atom. The van der Waals surface area contributed by atoms with Crippen molar-refractivity contribution in [2.45, 2.75) is 128 Å². The molecule has 0 radical (unpaired) electrons. The second-order valence-electron chi connectivity index (χ2n) is 16.1. The number of allylic oxidation sites excluding steroid dienone is 2. The van der Waals surface area contributed by atoms with Crippen molar-refractivity contribution in [2.75, 3.05) is 60.0 Å². The summed E-state index contributed by atoms with van der Waals surface area (Å²) in [5.41, 5.74) is -0.694. The number of ether oxygens (including phenoxy) is 3. The van der Waals surface area contributed by atoms with Gasteiger partial charge in [0.2, 0.25) is 0 Å². The molecule has 12 heteroatoms. The monoisotopic (exact) mass is 730 g/mol. The third-order valence-corrected chi connectivity index (χ3v) is 11.3. The molecule has 2 N–H and O–H groups in total. The van der Waals surface area contributed by atoms with E-state index in [4.69, 9.17) is 14.2 Å². The molecule has 3 fully saturated rings. The quantitative estimate of drug-likeness (QED) is 0.114. The molecule has 4 aliphatic rings. The van der Waals surface area contributed by atoms with Gasteiger partial charge in [-0.05, 0) is 71.7 Å². The molecule has 0 spiro atoms. The molecule has 2 amide bonds. The van der Waals surface area contributed by atoms with Gasteiger partial charge in [-0.25, -0.2) is 9.59 Å². The number of amides is 2. The molecule has 0 bridgehead atoms. The Balaban J connectivity index is 1.38. The minimum Gasteiger partial charge on any atom is -0.457 e. The maximum atomic E-state index is 13.5. The second-order valence-corrected chi connectivity index (χ2v) is 16.1. The number of hydrogen-bond acceptors (Lipinski definition) is 10. The molecule has 3 aliphatic heterocycles. The molecular formula is C40H66N4O8. The number of carbonyl (C=O) groups is 3. The fourth-order valence-corrected chi connectivity index (χ4v) is 7.70. The number of cyclic esters (lactones) is 1. The van der Waals surface area contributed by atoms with Crippen molar-refractivity contribution < 1.29 is 38.8 Å². The summed E-state index contributed by atoms with van der Waals surface area (Å²) in [6.45, 7) is 11.7. The SMILES string of the molecule is C/C(=C\C=C\[C@@H](C)COC(=O)N1CC[C@H](N(C)C)C1)[C@H]1OC(=O)C[C@@H](O)CC[C@](C)(O)[C@@H](OC(=O)N2CCN(C3CCCCCC3)CC2)/C=C/[C@@H]1C. The van der Waals surface area contributed by atoms with E-state index in [0.29, 0.717) is 38.3 Å². The van der Waals surface area contributed by atoms with Crippen molar-refractivity contribution in [2.24, 2.45) is 11.8 Å². The van der Waals surface area contributed by atoms with E-state index < -0.39 is 36.0 Å². The number of carbonyl (C=O) groups excluding carboxylic acids is 3. The number of likely N-dealkylation sites (tertiary alicyclic amines) is 1. The number of likely N-dealkylation sites (N-methyl/N-ethyl adjacent to an activating group) is 1. The second kappa shape index (κ2) is 19.9. The fourth-order valence-electron chi connectivity index (χ4n) is 7.70. The van der Waals surface area contributed by atoms with Crippen molar-refractivity contribution in [1.29, 1.82) is 0 Å². The molecular weight excluding hydrogens is 664 g/mol. The molecule has 294 valence electrons. The molecule has 0 unspecified atom stereocenters. The zero-order valence-electron chi connectivity index (χ0n) is 32.6. The summed E-state index contributed by atoms with van der Waals surface area (Å²) >= 11 is 0. The van der Waals surface area contributed by atoms with Crippen LogP contribution in [0.25, 0.3) is 0 Å². The standard InChI is InChI=1S/C40H66N4O8/c1-29(28-50-38(47)44-21-19-33(27-44)41(5)6)12-11-13-30(2)37-31(3)16-17-35(40(4,49)20-18-34(45)26-36(46)52-37)51-39(48)43-24-22-42(23-25-43)32-14-9-7-8-10-15-32/h11-13,16-17,29,31-35,37,45,49H,7-10,14-15,18-28H2,1-6H3/b12-11+,17-16+,30-13+/t29-,31+,33+,34+,35+,37-,40+/m1/s1. The van der Waals surface area contributed by atoms with Gasteiger partial charge >= 0.3 is 18.2 Å². The van der Waals surface area contributed by atoms with Crippen LogP contribution in [0.2, 0.25) is 0 Å². The van der Waals surface area contributed by atoms with Gasteiger partial charge in [-0.2, -0.15) is 0 Å². The van der Waals surface area contributed by atoms with Crippen molar-refractivity contribution in [1.82, 2.24) is 19.6 Å². The van der Waals surface area contributed by atoms with Crippen molar-refractivity contribution in [3.8, 4) is 0 Å². The number of aliphatic hydroxyl groups is 2. The van der Waals surface area contributed by atoms with E-state index in [2.05, 4.69) is 9.80 Å². The minimum atomic E-state index is -1.47. The van der Waals surface area contributed by atoms with Crippen LogP contribution in [0.4, 0.5) is 9.59 Å². The first kappa shape index (κ1) is 41.8. The van der Waals surface area contributed by atoms with E-state index in [-0.39, 0.29) is 43.8 Å². The van der Waals surface area contributed by atoms with Gasteiger partial charge in [0.05, 0.1) is 19.1 Å². The normalized spacial score (nSPS) is 32.1. The zero-order chi connectivity index (χ0) is 37.8. The van der Waals surface area contributed by atoms with E-state index in [9.17, 15) is 24.6 Å². The van der Waals surface area contributed by atoms with E-state index in [1.54, 1.807) is 22.8 Å². The maximum absolute atomic E-state index is 13.5. The van der Waals surface area contributed by atoms with Gasteiger partial charge in [0.15, 0.2) is 6.10 Å². The lowest BCUT2D eigenvalue weighted by molar-refractivity contribution is -0.151. The lowest BCUT2D eigenvalue weighted by Crippen LogP contribution is -2.53. The first-order valence-electron chi connectivity index (χ1n) is 19.6. The van der Waals surface area contributed by atoms with Gasteiger partial charge < -0.3 is 39.1 Å². The van der Waals surface area contributed by atoms with Gasteiger partial charge in [-0.1, -0.05) is 63.8 Å². The number of esters is 1. The topological polar surface area (TPSA) is 132 Å². The molecule has 0 aromatic carbocycles. The van der Waals surface area contributed by atoms with Gasteiger partial charge in [-0.3, -0.25) is 9.69 Å². The van der Waals surface area contributed by atoms with Crippen LogP contribution in [0.5, 0.6) is 0 Å². The largest absolute Gasteiger partial charge is 0.457 e. The van der Waals surface area contributed by atoms with Crippen molar-refractivity contribution in [3.63, 3.8) is 0 Å². The third-order valence-electron chi connectivity index (χ3n) is 11.3. The smallest absolute Gasteiger partial charge is 0.410 e. The summed E-state index contributed by atoms with van der Waals surface area (Å²) in [5, 5.41) is 22.2. The molecule has 3 heterocycles. The Bertz CT molecular complexity index is 1250. The zero-order valence-corrected chi connectivity index (χ0v) is 32.6. The minimum absolute atomic E-state index is 0.0379. The number of hydrogen-bond donors (Lipinski definition) is 2.